The average molecular weight is 442 g/mol. The van der Waals surface area contributed by atoms with E-state index in [0.29, 0.717) is 17.4 Å². The molecule has 0 aliphatic heterocycles. The minimum atomic E-state index is -4.64. The van der Waals surface area contributed by atoms with Gasteiger partial charge in [-0.2, -0.15) is 18.2 Å². The molecule has 0 radical (unpaired) electrons. The van der Waals surface area contributed by atoms with Gasteiger partial charge >= 0.3 is 12.1 Å². The first-order chi connectivity index (χ1) is 14.1. The average Bonchev–Trinajstić information content (AvgIpc) is 3.01. The maximum absolute atomic E-state index is 14.7. The number of fused-ring (bicyclic) bond motifs is 1. The lowest BCUT2D eigenvalue weighted by Crippen LogP contribution is -2.21. The van der Waals surface area contributed by atoms with Crippen LogP contribution in [0.1, 0.15) is 22.8 Å². The van der Waals surface area contributed by atoms with Crippen LogP contribution in [0.3, 0.4) is 0 Å². The summed E-state index contributed by atoms with van der Waals surface area (Å²) in [5.74, 6) is -3.08. The summed E-state index contributed by atoms with van der Waals surface area (Å²) in [6.45, 7) is 1.24. The van der Waals surface area contributed by atoms with Crippen LogP contribution < -0.4 is 9.54 Å². The maximum atomic E-state index is 14.7. The van der Waals surface area contributed by atoms with Crippen molar-refractivity contribution in [2.45, 2.75) is 19.6 Å². The van der Waals surface area contributed by atoms with Crippen LogP contribution >= 0.6 is 11.3 Å². The van der Waals surface area contributed by atoms with Crippen LogP contribution in [0, 0.1) is 5.82 Å². The maximum Gasteiger partial charge on any atom is 0.416 e. The van der Waals surface area contributed by atoms with Crippen LogP contribution in [0.15, 0.2) is 41.4 Å². The van der Waals surface area contributed by atoms with Gasteiger partial charge in [0.1, 0.15) is 6.54 Å². The topological polar surface area (TPSA) is 80.9 Å². The molecule has 0 saturated heterocycles. The van der Waals surface area contributed by atoms with Gasteiger partial charge in [-0.3, -0.25) is 9.59 Å². The number of hydrogen-bond donors (Lipinski definition) is 1. The minimum Gasteiger partial charge on any atom is -0.491 e. The van der Waals surface area contributed by atoms with E-state index in [0.717, 1.165) is 22.8 Å². The van der Waals surface area contributed by atoms with E-state index in [1.165, 1.54) is 12.1 Å². The Labute approximate surface area is 170 Å². The zero-order chi connectivity index (χ0) is 22.1. The molecule has 158 valence electrons. The molecular formula is C19H14F4N2O4S. The van der Waals surface area contributed by atoms with E-state index in [2.05, 4.69) is 4.99 Å². The highest BCUT2D eigenvalue weighted by atomic mass is 32.1. The lowest BCUT2D eigenvalue weighted by Gasteiger charge is -2.07. The molecule has 6 nitrogen and oxygen atoms in total. The number of hydrogen-bond acceptors (Lipinski definition) is 4. The van der Waals surface area contributed by atoms with Crippen molar-refractivity contribution < 1.29 is 37.0 Å². The highest BCUT2D eigenvalue weighted by molar-refractivity contribution is 7.16. The fourth-order valence-corrected chi connectivity index (χ4v) is 3.76. The Kier molecular flexibility index (Phi) is 5.92. The van der Waals surface area contributed by atoms with Crippen molar-refractivity contribution in [3.8, 4) is 5.75 Å². The van der Waals surface area contributed by atoms with Gasteiger partial charge in [0.15, 0.2) is 16.4 Å². The molecule has 1 amide bonds. The quantitative estimate of drug-likeness (QED) is 0.604. The van der Waals surface area contributed by atoms with Gasteiger partial charge in [-0.25, -0.2) is 4.39 Å². The summed E-state index contributed by atoms with van der Waals surface area (Å²) in [5, 5.41) is 9.17. The molecule has 1 N–H and O–H groups in total. The Hall–Kier alpha value is -3.21. The molecule has 0 unspecified atom stereocenters. The molecule has 1 heterocycles. The van der Waals surface area contributed by atoms with Crippen LogP contribution in [0.4, 0.5) is 17.6 Å². The van der Waals surface area contributed by atoms with Crippen LogP contribution in [0.2, 0.25) is 0 Å². The summed E-state index contributed by atoms with van der Waals surface area (Å²) in [7, 11) is 0. The number of nitrogens with zero attached hydrogens (tertiary/aromatic N) is 2. The largest absolute Gasteiger partial charge is 0.491 e. The van der Waals surface area contributed by atoms with Crippen LogP contribution in [-0.4, -0.2) is 28.2 Å². The Bertz CT molecular complexity index is 1200. The van der Waals surface area contributed by atoms with Crippen LogP contribution in [-0.2, 0) is 17.5 Å². The van der Waals surface area contributed by atoms with Crippen molar-refractivity contribution in [3.63, 3.8) is 0 Å². The predicted molar refractivity (Wildman–Crippen MR) is 99.9 cm³/mol. The number of carboxylic acids is 1. The third-order valence-electron chi connectivity index (χ3n) is 3.98. The van der Waals surface area contributed by atoms with Crippen molar-refractivity contribution in [1.82, 2.24) is 4.57 Å². The Morgan fingerprint density at radius 2 is 1.97 bits per heavy atom. The smallest absolute Gasteiger partial charge is 0.416 e. The van der Waals surface area contributed by atoms with Crippen molar-refractivity contribution in [1.29, 1.82) is 0 Å². The van der Waals surface area contributed by atoms with Gasteiger partial charge in [0.2, 0.25) is 0 Å². The molecule has 2 aromatic carbocycles. The number of carboxylic acid groups (broad SMARTS) is 1. The summed E-state index contributed by atoms with van der Waals surface area (Å²) in [6.07, 6.45) is -4.64. The number of rotatable bonds is 5. The zero-order valence-corrected chi connectivity index (χ0v) is 16.2. The van der Waals surface area contributed by atoms with Crippen LogP contribution in [0.25, 0.3) is 10.2 Å². The molecule has 0 aliphatic carbocycles. The van der Waals surface area contributed by atoms with E-state index in [4.69, 9.17) is 9.84 Å². The number of carbonyl (C=O) groups excluding carboxylic acids is 1. The Morgan fingerprint density at radius 3 is 2.60 bits per heavy atom. The fourth-order valence-electron chi connectivity index (χ4n) is 2.71. The number of halogens is 4. The van der Waals surface area contributed by atoms with Crippen LogP contribution in [0.5, 0.6) is 5.75 Å². The summed E-state index contributed by atoms with van der Waals surface area (Å²) in [4.78, 5) is 27.3. The molecule has 0 spiro atoms. The third-order valence-corrected chi connectivity index (χ3v) is 5.07. The SMILES string of the molecule is CCOc1ccc2c(s/c(=N\C(=O)c3cccc(C(F)(F)F)c3)n2CC(=O)O)c1F. The molecule has 0 aliphatic rings. The predicted octanol–water partition coefficient (Wildman–Crippen LogP) is 4.09. The highest BCUT2D eigenvalue weighted by Crippen LogP contribution is 2.30. The lowest BCUT2D eigenvalue weighted by molar-refractivity contribution is -0.138. The Balaban J connectivity index is 2.16. The number of amides is 1. The van der Waals surface area contributed by atoms with Gasteiger partial charge in [-0.1, -0.05) is 17.4 Å². The first-order valence-electron chi connectivity index (χ1n) is 8.54. The standard InChI is InChI=1S/C19H14F4N2O4S/c1-2-29-13-7-6-12-16(15(13)20)30-18(25(12)9-14(26)27)24-17(28)10-4-3-5-11(8-10)19(21,22)23/h3-8H,2,9H2,1H3,(H,26,27)/b24-18-. The van der Waals surface area contributed by atoms with Gasteiger partial charge < -0.3 is 14.4 Å². The number of aliphatic carboxylic acids is 1. The molecule has 1 aromatic heterocycles. The highest BCUT2D eigenvalue weighted by Gasteiger charge is 2.31. The van der Waals surface area contributed by atoms with Gasteiger partial charge in [-0.15, -0.1) is 0 Å². The van der Waals surface area contributed by atoms with Crippen molar-refractivity contribution in [2.75, 3.05) is 6.61 Å². The van der Waals surface area contributed by atoms with Crippen molar-refractivity contribution in [2.24, 2.45) is 4.99 Å². The summed E-state index contributed by atoms with van der Waals surface area (Å²) in [6, 6.07) is 6.43. The minimum absolute atomic E-state index is 0.0118. The van der Waals surface area contributed by atoms with E-state index in [1.54, 1.807) is 6.92 Å². The molecule has 3 aromatic rings. The first kappa shape index (κ1) is 21.5. The molecule has 0 fully saturated rings. The molecule has 0 bridgehead atoms. The second-order valence-corrected chi connectivity index (χ2v) is 7.00. The summed E-state index contributed by atoms with van der Waals surface area (Å²) >= 11 is 0.700. The second-order valence-electron chi connectivity index (χ2n) is 6.02. The van der Waals surface area contributed by atoms with Gasteiger partial charge in [0.05, 0.1) is 22.4 Å². The molecule has 3 rings (SSSR count). The van der Waals surface area contributed by atoms with E-state index in [-0.39, 0.29) is 32.9 Å². The Morgan fingerprint density at radius 1 is 1.23 bits per heavy atom. The number of benzene rings is 2. The zero-order valence-electron chi connectivity index (χ0n) is 15.4. The number of ether oxygens (including phenoxy) is 1. The van der Waals surface area contributed by atoms with Gasteiger partial charge in [0.25, 0.3) is 5.91 Å². The summed E-state index contributed by atoms with van der Waals surface area (Å²) in [5.41, 5.74) is -1.19. The van der Waals surface area contributed by atoms with E-state index in [9.17, 15) is 27.2 Å². The van der Waals surface area contributed by atoms with E-state index >= 15 is 0 Å². The lowest BCUT2D eigenvalue weighted by atomic mass is 10.1. The number of alkyl halides is 3. The molecular weight excluding hydrogens is 428 g/mol. The molecule has 11 heteroatoms. The monoisotopic (exact) mass is 442 g/mol. The van der Waals surface area contributed by atoms with Crippen molar-refractivity contribution in [3.05, 3.63) is 58.1 Å². The number of carbonyl (C=O) groups is 2. The van der Waals surface area contributed by atoms with E-state index in [1.807, 2.05) is 0 Å². The fraction of sp³-hybridized carbons (Fsp3) is 0.211. The number of thiazole rings is 1. The summed E-state index contributed by atoms with van der Waals surface area (Å²) < 4.78 is 59.7. The normalized spacial score (nSPS) is 12.4. The van der Waals surface area contributed by atoms with Crippen molar-refractivity contribution >= 4 is 33.4 Å². The second kappa shape index (κ2) is 8.27. The third kappa shape index (κ3) is 4.35. The first-order valence-corrected chi connectivity index (χ1v) is 9.36. The number of aromatic nitrogens is 1. The van der Waals surface area contributed by atoms with Gasteiger partial charge in [-0.05, 0) is 37.3 Å². The van der Waals surface area contributed by atoms with Gasteiger partial charge in [0, 0.05) is 5.56 Å². The molecule has 0 atom stereocenters. The molecule has 30 heavy (non-hydrogen) atoms. The van der Waals surface area contributed by atoms with E-state index < -0.39 is 36.0 Å². The molecule has 0 saturated carbocycles.